The number of alkyl carbamates (subject to hydrolysis) is 1. The van der Waals surface area contributed by atoms with Crippen LogP contribution in [0, 0.1) is 0 Å². The maximum atomic E-state index is 11.5. The van der Waals surface area contributed by atoms with E-state index in [0.717, 1.165) is 40.1 Å². The van der Waals surface area contributed by atoms with Crippen molar-refractivity contribution in [2.75, 3.05) is 13.1 Å². The highest BCUT2D eigenvalue weighted by Gasteiger charge is 2.15. The van der Waals surface area contributed by atoms with Gasteiger partial charge in [0.05, 0.1) is 42.2 Å². The summed E-state index contributed by atoms with van der Waals surface area (Å²) >= 11 is 23.6. The number of amides is 1. The molecule has 35 heavy (non-hydrogen) atoms. The molecule has 0 atom stereocenters. The number of rotatable bonds is 5. The van der Waals surface area contributed by atoms with E-state index >= 15 is 0 Å². The molecular formula is C23H26Cl4N6O2. The number of imidazole rings is 2. The van der Waals surface area contributed by atoms with E-state index in [1.807, 2.05) is 20.8 Å². The predicted molar refractivity (Wildman–Crippen MR) is 143 cm³/mol. The molecule has 0 aliphatic heterocycles. The number of fused-ring (bicyclic) bond motifs is 2. The minimum Gasteiger partial charge on any atom is -0.444 e. The number of aromatic nitrogens is 4. The second-order valence-electron chi connectivity index (χ2n) is 8.65. The summed E-state index contributed by atoms with van der Waals surface area (Å²) in [6, 6.07) is 6.96. The van der Waals surface area contributed by atoms with Gasteiger partial charge in [0.25, 0.3) is 0 Å². The molecule has 0 aliphatic rings. The highest BCUT2D eigenvalue weighted by Crippen LogP contribution is 2.27. The summed E-state index contributed by atoms with van der Waals surface area (Å²) in [6.45, 7) is 6.45. The summed E-state index contributed by atoms with van der Waals surface area (Å²) in [4.78, 5) is 26.5. The summed E-state index contributed by atoms with van der Waals surface area (Å²) in [5.74, 6) is 1.61. The first-order valence-corrected chi connectivity index (χ1v) is 12.3. The minimum absolute atomic E-state index is 0.427. The van der Waals surface area contributed by atoms with Crippen molar-refractivity contribution in [1.29, 1.82) is 0 Å². The number of halogens is 4. The normalized spacial score (nSPS) is 11.4. The van der Waals surface area contributed by atoms with Gasteiger partial charge >= 0.3 is 6.09 Å². The van der Waals surface area contributed by atoms with Gasteiger partial charge in [0, 0.05) is 19.4 Å². The number of nitrogens with two attached hydrogens (primary N) is 1. The smallest absolute Gasteiger partial charge is 0.407 e. The monoisotopic (exact) mass is 558 g/mol. The predicted octanol–water partition coefficient (Wildman–Crippen LogP) is 6.31. The summed E-state index contributed by atoms with van der Waals surface area (Å²) < 4.78 is 5.15. The lowest BCUT2D eigenvalue weighted by Crippen LogP contribution is -2.33. The Morgan fingerprint density at radius 2 is 1.34 bits per heavy atom. The topological polar surface area (TPSA) is 122 Å². The van der Waals surface area contributed by atoms with E-state index < -0.39 is 11.7 Å². The van der Waals surface area contributed by atoms with Crippen molar-refractivity contribution in [3.8, 4) is 0 Å². The van der Waals surface area contributed by atoms with Crippen molar-refractivity contribution in [1.82, 2.24) is 25.3 Å². The summed E-state index contributed by atoms with van der Waals surface area (Å²) in [5.41, 5.74) is 8.20. The lowest BCUT2D eigenvalue weighted by Gasteiger charge is -2.19. The third-order valence-electron chi connectivity index (χ3n) is 4.56. The zero-order chi connectivity index (χ0) is 25.8. The molecule has 2 aromatic heterocycles. The number of hydrogen-bond donors (Lipinski definition) is 4. The van der Waals surface area contributed by atoms with E-state index in [0.29, 0.717) is 39.6 Å². The lowest BCUT2D eigenvalue weighted by molar-refractivity contribution is 0.0528. The van der Waals surface area contributed by atoms with Crippen LogP contribution in [0.15, 0.2) is 24.3 Å². The molecule has 0 fully saturated rings. The third kappa shape index (κ3) is 7.88. The number of hydrogen-bond acceptors (Lipinski definition) is 5. The van der Waals surface area contributed by atoms with Gasteiger partial charge in [-0.3, -0.25) is 0 Å². The third-order valence-corrected chi connectivity index (χ3v) is 6.00. The number of nitrogens with one attached hydrogen (secondary N) is 3. The lowest BCUT2D eigenvalue weighted by atomic mass is 10.2. The first kappa shape index (κ1) is 27.4. The van der Waals surface area contributed by atoms with Gasteiger partial charge in [0.15, 0.2) is 0 Å². The molecule has 5 N–H and O–H groups in total. The number of ether oxygens (including phenoxy) is 1. The molecule has 0 saturated carbocycles. The molecule has 4 rings (SSSR count). The highest BCUT2D eigenvalue weighted by molar-refractivity contribution is 6.43. The van der Waals surface area contributed by atoms with Crippen LogP contribution in [0.25, 0.3) is 22.1 Å². The summed E-state index contributed by atoms with van der Waals surface area (Å²) in [5, 5.41) is 4.67. The van der Waals surface area contributed by atoms with Gasteiger partial charge in [-0.25, -0.2) is 14.8 Å². The van der Waals surface area contributed by atoms with Crippen molar-refractivity contribution in [2.45, 2.75) is 39.2 Å². The number of aromatic amines is 2. The average Bonchev–Trinajstić information content (AvgIpc) is 3.30. The van der Waals surface area contributed by atoms with Crippen LogP contribution in [0.4, 0.5) is 4.79 Å². The fraction of sp³-hybridized carbons (Fsp3) is 0.348. The Labute approximate surface area is 222 Å². The van der Waals surface area contributed by atoms with Crippen molar-refractivity contribution in [3.05, 3.63) is 56.0 Å². The molecule has 8 nitrogen and oxygen atoms in total. The molecule has 0 radical (unpaired) electrons. The van der Waals surface area contributed by atoms with Gasteiger partial charge in [-0.15, -0.1) is 0 Å². The molecule has 2 aromatic carbocycles. The zero-order valence-electron chi connectivity index (χ0n) is 19.4. The van der Waals surface area contributed by atoms with Gasteiger partial charge in [-0.05, 0) is 51.6 Å². The van der Waals surface area contributed by atoms with Crippen LogP contribution < -0.4 is 11.1 Å². The van der Waals surface area contributed by atoms with E-state index in [4.69, 9.17) is 56.9 Å². The van der Waals surface area contributed by atoms with Crippen molar-refractivity contribution in [2.24, 2.45) is 5.73 Å². The summed E-state index contributed by atoms with van der Waals surface area (Å²) in [6.07, 6.45) is 0.845. The van der Waals surface area contributed by atoms with Crippen LogP contribution >= 0.6 is 46.4 Å². The van der Waals surface area contributed by atoms with Gasteiger partial charge in [-0.1, -0.05) is 46.4 Å². The number of carbonyl (C=O) groups excluding carboxylic acids is 1. The van der Waals surface area contributed by atoms with Crippen molar-refractivity contribution in [3.63, 3.8) is 0 Å². The molecular weight excluding hydrogens is 534 g/mol. The maximum absolute atomic E-state index is 11.5. The second kappa shape index (κ2) is 11.7. The van der Waals surface area contributed by atoms with Gasteiger partial charge in [-0.2, -0.15) is 0 Å². The molecule has 0 spiro atoms. The molecule has 188 valence electrons. The Morgan fingerprint density at radius 3 is 1.80 bits per heavy atom. The average molecular weight is 560 g/mol. The van der Waals surface area contributed by atoms with Crippen LogP contribution in [0.2, 0.25) is 20.1 Å². The first-order chi connectivity index (χ1) is 16.4. The van der Waals surface area contributed by atoms with Crippen molar-refractivity contribution >= 4 is 74.6 Å². The zero-order valence-corrected chi connectivity index (χ0v) is 22.5. The minimum atomic E-state index is -0.503. The molecule has 2 heterocycles. The van der Waals surface area contributed by atoms with Crippen molar-refractivity contribution < 1.29 is 9.53 Å². The highest BCUT2D eigenvalue weighted by atomic mass is 35.5. The number of carbonyl (C=O) groups is 1. The van der Waals surface area contributed by atoms with E-state index in [2.05, 4.69) is 25.3 Å². The maximum Gasteiger partial charge on any atom is 0.407 e. The molecule has 0 saturated heterocycles. The Morgan fingerprint density at radius 1 is 0.886 bits per heavy atom. The van der Waals surface area contributed by atoms with Crippen LogP contribution in [0.5, 0.6) is 0 Å². The Kier molecular flexibility index (Phi) is 9.12. The number of nitrogens with zero attached hydrogens (tertiary/aromatic N) is 2. The molecule has 0 bridgehead atoms. The standard InChI is InChI=1S/C14H17Cl2N3O2.C9H9Cl2N3/c1-14(2,3)21-13(20)17-5-4-12-18-10-6-8(15)9(16)7-11(10)19-12;10-5-3-7-8(4-6(5)11)14-9(13-7)1-2-12/h6-7H,4-5H2,1-3H3,(H,17,20)(H,18,19);3-4H,1-2,12H2,(H,13,14). The van der Waals surface area contributed by atoms with Crippen LogP contribution in [0.3, 0.4) is 0 Å². The molecule has 0 aliphatic carbocycles. The van der Waals surface area contributed by atoms with Crippen LogP contribution in [-0.4, -0.2) is 44.7 Å². The molecule has 0 unspecified atom stereocenters. The first-order valence-electron chi connectivity index (χ1n) is 10.8. The van der Waals surface area contributed by atoms with Gasteiger partial charge in [0.2, 0.25) is 0 Å². The van der Waals surface area contributed by atoms with E-state index in [-0.39, 0.29) is 0 Å². The molecule has 1 amide bonds. The number of benzene rings is 2. The van der Waals surface area contributed by atoms with E-state index in [1.165, 1.54) is 0 Å². The Hall–Kier alpha value is -2.23. The Bertz CT molecular complexity index is 1250. The fourth-order valence-corrected chi connectivity index (χ4v) is 3.73. The largest absolute Gasteiger partial charge is 0.444 e. The quantitative estimate of drug-likeness (QED) is 0.228. The van der Waals surface area contributed by atoms with Crippen LogP contribution in [0.1, 0.15) is 32.4 Å². The van der Waals surface area contributed by atoms with Gasteiger partial charge in [0.1, 0.15) is 17.2 Å². The summed E-state index contributed by atoms with van der Waals surface area (Å²) in [7, 11) is 0. The van der Waals surface area contributed by atoms with Crippen LogP contribution in [-0.2, 0) is 17.6 Å². The SMILES string of the molecule is CC(C)(C)OC(=O)NCCc1nc2cc(Cl)c(Cl)cc2[nH]1.NCCc1nc2cc(Cl)c(Cl)cc2[nH]1. The number of H-pyrrole nitrogens is 2. The molecule has 12 heteroatoms. The molecule has 4 aromatic rings. The Balaban J connectivity index is 0.000000211. The van der Waals surface area contributed by atoms with Gasteiger partial charge < -0.3 is 25.8 Å². The van der Waals surface area contributed by atoms with E-state index in [1.54, 1.807) is 24.3 Å². The second-order valence-corrected chi connectivity index (χ2v) is 10.3. The fourth-order valence-electron chi connectivity index (χ4n) is 3.09. The van der Waals surface area contributed by atoms with E-state index in [9.17, 15) is 4.79 Å².